The number of amides is 1. The zero-order valence-corrected chi connectivity index (χ0v) is 9.36. The Bertz CT molecular complexity index is 133. The fraction of sp³-hybridized carbons (Fsp3) is 0.900. The molecular formula is C10H20ClNO. The minimum atomic E-state index is -0.0566. The van der Waals surface area contributed by atoms with Gasteiger partial charge in [0.25, 0.3) is 0 Å². The molecule has 0 radical (unpaired) electrons. The molecule has 0 saturated carbocycles. The molecule has 3 heteroatoms. The van der Waals surface area contributed by atoms with Crippen LogP contribution in [-0.4, -0.2) is 18.3 Å². The molecule has 0 aromatic rings. The van der Waals surface area contributed by atoms with Crippen LogP contribution < -0.4 is 5.32 Å². The third kappa shape index (κ3) is 6.88. The quantitative estimate of drug-likeness (QED) is 0.636. The maximum atomic E-state index is 10.9. The van der Waals surface area contributed by atoms with Crippen LogP contribution >= 0.6 is 11.6 Å². The predicted molar refractivity (Wildman–Crippen MR) is 57.0 cm³/mol. The van der Waals surface area contributed by atoms with Gasteiger partial charge in [-0.05, 0) is 18.8 Å². The van der Waals surface area contributed by atoms with Crippen LogP contribution in [0.5, 0.6) is 0 Å². The zero-order chi connectivity index (χ0) is 10.1. The molecule has 0 saturated heterocycles. The van der Waals surface area contributed by atoms with Crippen LogP contribution in [0, 0.1) is 5.92 Å². The molecule has 0 aliphatic carbocycles. The zero-order valence-electron chi connectivity index (χ0n) is 8.61. The normalized spacial score (nSPS) is 10.5. The lowest BCUT2D eigenvalue weighted by Crippen LogP contribution is -2.30. The number of hydrogen-bond acceptors (Lipinski definition) is 1. The number of rotatable bonds is 7. The molecule has 1 N–H and O–H groups in total. The van der Waals surface area contributed by atoms with Gasteiger partial charge in [0.05, 0.1) is 0 Å². The summed E-state index contributed by atoms with van der Waals surface area (Å²) in [6.45, 7) is 5.13. The molecule has 0 spiro atoms. The smallest absolute Gasteiger partial charge is 0.234 e. The third-order valence-electron chi connectivity index (χ3n) is 2.10. The standard InChI is InChI=1S/C10H20ClNO/c1-3-5-9(6-4-2)8-12-10(13)7-11/h9H,3-8H2,1-2H3,(H,12,13). The van der Waals surface area contributed by atoms with Crippen molar-refractivity contribution in [1.29, 1.82) is 0 Å². The molecular weight excluding hydrogens is 186 g/mol. The van der Waals surface area contributed by atoms with Crippen molar-refractivity contribution in [2.24, 2.45) is 5.92 Å². The first-order chi connectivity index (χ1) is 6.24. The summed E-state index contributed by atoms with van der Waals surface area (Å²) in [5, 5.41) is 2.83. The van der Waals surface area contributed by atoms with E-state index in [4.69, 9.17) is 11.6 Å². The molecule has 0 fully saturated rings. The van der Waals surface area contributed by atoms with E-state index in [1.54, 1.807) is 0 Å². The van der Waals surface area contributed by atoms with Crippen molar-refractivity contribution in [3.63, 3.8) is 0 Å². The maximum absolute atomic E-state index is 10.9. The van der Waals surface area contributed by atoms with Gasteiger partial charge in [-0.2, -0.15) is 0 Å². The Hall–Kier alpha value is -0.240. The molecule has 0 rings (SSSR count). The fourth-order valence-electron chi connectivity index (χ4n) is 1.47. The van der Waals surface area contributed by atoms with Crippen molar-refractivity contribution in [3.05, 3.63) is 0 Å². The van der Waals surface area contributed by atoms with Gasteiger partial charge in [-0.3, -0.25) is 4.79 Å². The first-order valence-corrected chi connectivity index (χ1v) is 5.60. The van der Waals surface area contributed by atoms with Crippen LogP contribution in [0.25, 0.3) is 0 Å². The maximum Gasteiger partial charge on any atom is 0.234 e. The van der Waals surface area contributed by atoms with Crippen molar-refractivity contribution >= 4 is 17.5 Å². The molecule has 0 aromatic carbocycles. The summed E-state index contributed by atoms with van der Waals surface area (Å²) in [6.07, 6.45) is 4.75. The fourth-order valence-corrected chi connectivity index (χ4v) is 1.56. The number of carbonyl (C=O) groups is 1. The Labute approximate surface area is 86.0 Å². The number of halogens is 1. The van der Waals surface area contributed by atoms with Gasteiger partial charge in [0.15, 0.2) is 0 Å². The highest BCUT2D eigenvalue weighted by molar-refractivity contribution is 6.27. The highest BCUT2D eigenvalue weighted by atomic mass is 35.5. The average Bonchev–Trinajstić information content (AvgIpc) is 2.14. The molecule has 0 aliphatic heterocycles. The second-order valence-corrected chi connectivity index (χ2v) is 3.65. The summed E-state index contributed by atoms with van der Waals surface area (Å²) < 4.78 is 0. The van der Waals surface area contributed by atoms with Crippen LogP contribution in [0.2, 0.25) is 0 Å². The van der Waals surface area contributed by atoms with Crippen LogP contribution in [0.1, 0.15) is 39.5 Å². The summed E-state index contributed by atoms with van der Waals surface area (Å²) in [6, 6.07) is 0. The molecule has 78 valence electrons. The van der Waals surface area contributed by atoms with Crippen LogP contribution in [0.15, 0.2) is 0 Å². The van der Waals surface area contributed by atoms with Crippen molar-refractivity contribution in [2.75, 3.05) is 12.4 Å². The Morgan fingerprint density at radius 3 is 2.23 bits per heavy atom. The molecule has 1 amide bonds. The minimum absolute atomic E-state index is 0.0566. The second-order valence-electron chi connectivity index (χ2n) is 3.38. The summed E-state index contributed by atoms with van der Waals surface area (Å²) in [7, 11) is 0. The number of hydrogen-bond donors (Lipinski definition) is 1. The average molecular weight is 206 g/mol. The van der Waals surface area contributed by atoms with Gasteiger partial charge in [-0.1, -0.05) is 26.7 Å². The second kappa shape index (κ2) is 8.36. The first kappa shape index (κ1) is 12.8. The van der Waals surface area contributed by atoms with Crippen LogP contribution in [-0.2, 0) is 4.79 Å². The molecule has 2 nitrogen and oxygen atoms in total. The molecule has 0 atom stereocenters. The Kier molecular flexibility index (Phi) is 8.21. The summed E-state index contributed by atoms with van der Waals surface area (Å²) >= 11 is 5.38. The molecule has 0 aromatic heterocycles. The van der Waals surface area contributed by atoms with Crippen LogP contribution in [0.4, 0.5) is 0 Å². The molecule has 0 aliphatic rings. The highest BCUT2D eigenvalue weighted by Gasteiger charge is 2.07. The van der Waals surface area contributed by atoms with Crippen molar-refractivity contribution < 1.29 is 4.79 Å². The Morgan fingerprint density at radius 2 is 1.85 bits per heavy atom. The lowest BCUT2D eigenvalue weighted by molar-refractivity contribution is -0.118. The van der Waals surface area contributed by atoms with Crippen molar-refractivity contribution in [2.45, 2.75) is 39.5 Å². The molecule has 13 heavy (non-hydrogen) atoms. The van der Waals surface area contributed by atoms with Gasteiger partial charge in [0.1, 0.15) is 5.88 Å². The Morgan fingerprint density at radius 1 is 1.31 bits per heavy atom. The van der Waals surface area contributed by atoms with E-state index in [0.717, 1.165) is 6.54 Å². The topological polar surface area (TPSA) is 29.1 Å². The number of nitrogens with one attached hydrogen (secondary N) is 1. The summed E-state index contributed by atoms with van der Waals surface area (Å²) in [4.78, 5) is 10.9. The predicted octanol–water partition coefficient (Wildman–Crippen LogP) is 2.56. The molecule has 0 unspecified atom stereocenters. The largest absolute Gasteiger partial charge is 0.355 e. The SMILES string of the molecule is CCCC(CCC)CNC(=O)CCl. The minimum Gasteiger partial charge on any atom is -0.355 e. The van der Waals surface area contributed by atoms with Crippen molar-refractivity contribution in [3.8, 4) is 0 Å². The lowest BCUT2D eigenvalue weighted by Gasteiger charge is -2.15. The van der Waals surface area contributed by atoms with Gasteiger partial charge in [0, 0.05) is 6.54 Å². The summed E-state index contributed by atoms with van der Waals surface area (Å²) in [5.41, 5.74) is 0. The van der Waals surface area contributed by atoms with E-state index >= 15 is 0 Å². The lowest BCUT2D eigenvalue weighted by atomic mass is 9.98. The van der Waals surface area contributed by atoms with E-state index in [1.807, 2.05) is 0 Å². The van der Waals surface area contributed by atoms with Gasteiger partial charge < -0.3 is 5.32 Å². The van der Waals surface area contributed by atoms with Crippen LogP contribution in [0.3, 0.4) is 0 Å². The molecule has 0 bridgehead atoms. The van der Waals surface area contributed by atoms with E-state index in [2.05, 4.69) is 19.2 Å². The highest BCUT2D eigenvalue weighted by Crippen LogP contribution is 2.11. The van der Waals surface area contributed by atoms with Gasteiger partial charge >= 0.3 is 0 Å². The van der Waals surface area contributed by atoms with Gasteiger partial charge in [-0.25, -0.2) is 0 Å². The monoisotopic (exact) mass is 205 g/mol. The molecule has 0 heterocycles. The number of carbonyl (C=O) groups excluding carboxylic acids is 1. The summed E-state index contributed by atoms with van der Waals surface area (Å²) in [5.74, 6) is 0.645. The van der Waals surface area contributed by atoms with Gasteiger partial charge in [-0.15, -0.1) is 11.6 Å². The van der Waals surface area contributed by atoms with Crippen molar-refractivity contribution in [1.82, 2.24) is 5.32 Å². The van der Waals surface area contributed by atoms with E-state index < -0.39 is 0 Å². The third-order valence-corrected chi connectivity index (χ3v) is 2.35. The van der Waals surface area contributed by atoms with E-state index in [0.29, 0.717) is 5.92 Å². The first-order valence-electron chi connectivity index (χ1n) is 5.07. The number of alkyl halides is 1. The van der Waals surface area contributed by atoms with E-state index in [-0.39, 0.29) is 11.8 Å². The van der Waals surface area contributed by atoms with Gasteiger partial charge in [0.2, 0.25) is 5.91 Å². The van der Waals surface area contributed by atoms with E-state index in [1.165, 1.54) is 25.7 Å². The van der Waals surface area contributed by atoms with E-state index in [9.17, 15) is 4.79 Å². The Balaban J connectivity index is 3.61.